The van der Waals surface area contributed by atoms with Crippen molar-refractivity contribution >= 4 is 21.9 Å². The van der Waals surface area contributed by atoms with E-state index in [9.17, 15) is 13.6 Å². The van der Waals surface area contributed by atoms with E-state index in [2.05, 4.69) is 25.4 Å². The van der Waals surface area contributed by atoms with E-state index in [1.807, 2.05) is 13.8 Å². The van der Waals surface area contributed by atoms with Gasteiger partial charge in [-0.1, -0.05) is 26.7 Å². The van der Waals surface area contributed by atoms with Crippen LogP contribution in [0.2, 0.25) is 0 Å². The molecule has 0 atom stereocenters. The monoisotopic (exact) mass is 408 g/mol. The van der Waals surface area contributed by atoms with Gasteiger partial charge in [-0.3, -0.25) is 0 Å². The van der Waals surface area contributed by atoms with Crippen LogP contribution < -0.4 is 14.2 Å². The van der Waals surface area contributed by atoms with Crippen molar-refractivity contribution in [2.24, 2.45) is 0 Å². The Hall–Kier alpha value is -1.57. The number of fused-ring (bicyclic) bond motifs is 1. The average Bonchev–Trinajstić information content (AvgIpc) is 2.81. The number of esters is 1. The maximum atomic E-state index is 13.4. The summed E-state index contributed by atoms with van der Waals surface area (Å²) < 4.78 is 46.8. The van der Waals surface area contributed by atoms with Crippen molar-refractivity contribution in [1.82, 2.24) is 0 Å². The minimum atomic E-state index is -3.83. The first kappa shape index (κ1) is 18.8. The fourth-order valence-electron chi connectivity index (χ4n) is 2.06. The molecule has 1 aliphatic heterocycles. The summed E-state index contributed by atoms with van der Waals surface area (Å²) in [5, 5.41) is 0. The van der Waals surface area contributed by atoms with Crippen LogP contribution in [0.4, 0.5) is 8.78 Å². The quantitative estimate of drug-likeness (QED) is 0.451. The van der Waals surface area contributed by atoms with Crippen LogP contribution in [0, 0.1) is 0 Å². The van der Waals surface area contributed by atoms with E-state index >= 15 is 0 Å². The lowest BCUT2D eigenvalue weighted by Crippen LogP contribution is -2.26. The lowest BCUT2D eigenvalue weighted by molar-refractivity contribution is -0.286. The van der Waals surface area contributed by atoms with Gasteiger partial charge in [0.15, 0.2) is 17.2 Å². The molecule has 8 heteroatoms. The highest BCUT2D eigenvalue weighted by Crippen LogP contribution is 2.50. The van der Waals surface area contributed by atoms with E-state index in [1.165, 1.54) is 6.07 Å². The molecule has 0 spiro atoms. The zero-order chi connectivity index (χ0) is 17.7. The van der Waals surface area contributed by atoms with Crippen LogP contribution in [0.3, 0.4) is 0 Å². The van der Waals surface area contributed by atoms with Crippen LogP contribution in [-0.2, 0) is 4.74 Å². The van der Waals surface area contributed by atoms with Crippen LogP contribution in [-0.4, -0.2) is 25.5 Å². The average molecular weight is 409 g/mol. The molecular formula is C16H19BrF2O5. The lowest BCUT2D eigenvalue weighted by atomic mass is 10.1. The summed E-state index contributed by atoms with van der Waals surface area (Å²) in [6.45, 7) is 4.45. The maximum Gasteiger partial charge on any atom is 0.586 e. The summed E-state index contributed by atoms with van der Waals surface area (Å²) >= 11 is 3.23. The van der Waals surface area contributed by atoms with Crippen molar-refractivity contribution in [1.29, 1.82) is 0 Å². The first-order chi connectivity index (χ1) is 11.4. The molecule has 5 nitrogen and oxygen atoms in total. The second kappa shape index (κ2) is 8.00. The molecule has 1 aromatic carbocycles. The largest absolute Gasteiger partial charge is 0.586 e. The molecule has 0 aliphatic carbocycles. The molecule has 1 heterocycles. The van der Waals surface area contributed by atoms with E-state index in [-0.39, 0.29) is 29.4 Å². The number of carbonyl (C=O) groups excluding carboxylic acids is 1. The van der Waals surface area contributed by atoms with Gasteiger partial charge < -0.3 is 18.9 Å². The number of hydrogen-bond acceptors (Lipinski definition) is 5. The molecule has 1 aromatic rings. The second-order valence-corrected chi connectivity index (χ2v) is 6.10. The second-order valence-electron chi connectivity index (χ2n) is 5.25. The van der Waals surface area contributed by atoms with Crippen LogP contribution in [0.15, 0.2) is 10.5 Å². The fraction of sp³-hybridized carbons (Fsp3) is 0.562. The van der Waals surface area contributed by atoms with Crippen molar-refractivity contribution in [3.63, 3.8) is 0 Å². The van der Waals surface area contributed by atoms with Gasteiger partial charge in [0, 0.05) is 6.07 Å². The zero-order valence-corrected chi connectivity index (χ0v) is 15.1. The van der Waals surface area contributed by atoms with Gasteiger partial charge >= 0.3 is 12.3 Å². The maximum absolute atomic E-state index is 13.4. The Bertz CT molecular complexity index is 607. The molecule has 0 unspecified atom stereocenters. The summed E-state index contributed by atoms with van der Waals surface area (Å²) in [6, 6.07) is 1.29. The van der Waals surface area contributed by atoms with Gasteiger partial charge in [0.1, 0.15) is 5.56 Å². The first-order valence-corrected chi connectivity index (χ1v) is 8.61. The predicted molar refractivity (Wildman–Crippen MR) is 85.9 cm³/mol. The number of benzene rings is 1. The molecule has 134 valence electrons. The van der Waals surface area contributed by atoms with Crippen LogP contribution in [0.5, 0.6) is 17.2 Å². The van der Waals surface area contributed by atoms with Gasteiger partial charge in [-0.15, -0.1) is 8.78 Å². The minimum Gasteiger partial charge on any atom is -0.491 e. The van der Waals surface area contributed by atoms with Crippen molar-refractivity contribution in [3.8, 4) is 17.2 Å². The highest BCUT2D eigenvalue weighted by Gasteiger charge is 2.47. The van der Waals surface area contributed by atoms with Crippen LogP contribution >= 0.6 is 15.9 Å². The summed E-state index contributed by atoms with van der Waals surface area (Å²) in [7, 11) is 0. The normalized spacial score (nSPS) is 14.5. The van der Waals surface area contributed by atoms with Crippen LogP contribution in [0.1, 0.15) is 49.9 Å². The van der Waals surface area contributed by atoms with Crippen molar-refractivity contribution in [3.05, 3.63) is 16.1 Å². The highest BCUT2D eigenvalue weighted by molar-refractivity contribution is 9.10. The van der Waals surface area contributed by atoms with Gasteiger partial charge in [0.2, 0.25) is 0 Å². The van der Waals surface area contributed by atoms with Crippen molar-refractivity contribution in [2.45, 2.75) is 45.8 Å². The third-order valence-corrected chi connectivity index (χ3v) is 3.87. The molecule has 0 radical (unpaired) electrons. The number of unbranched alkanes of at least 4 members (excludes halogenated alkanes) is 2. The number of alkyl halides is 2. The smallest absolute Gasteiger partial charge is 0.491 e. The predicted octanol–water partition coefficient (Wildman–Crippen LogP) is 4.91. The van der Waals surface area contributed by atoms with E-state index in [1.54, 1.807) is 0 Å². The third kappa shape index (κ3) is 4.28. The Morgan fingerprint density at radius 3 is 2.54 bits per heavy atom. The molecule has 0 saturated heterocycles. The molecule has 24 heavy (non-hydrogen) atoms. The highest BCUT2D eigenvalue weighted by atomic mass is 79.9. The molecule has 1 aliphatic rings. The Morgan fingerprint density at radius 1 is 1.21 bits per heavy atom. The molecule has 0 N–H and O–H groups in total. The summed E-state index contributed by atoms with van der Waals surface area (Å²) in [4.78, 5) is 12.4. The van der Waals surface area contributed by atoms with Gasteiger partial charge in [-0.2, -0.15) is 0 Å². The van der Waals surface area contributed by atoms with E-state index in [0.717, 1.165) is 19.3 Å². The topological polar surface area (TPSA) is 54.0 Å². The summed E-state index contributed by atoms with van der Waals surface area (Å²) in [5.41, 5.74) is -0.191. The SMILES string of the molecule is CCCCOC(=O)c1c(OCCCC)c(Br)cc2c1OC(F)(F)O2. The third-order valence-electron chi connectivity index (χ3n) is 3.28. The number of ether oxygens (including phenoxy) is 4. The van der Waals surface area contributed by atoms with E-state index < -0.39 is 12.3 Å². The number of carbonyl (C=O) groups is 1. The number of rotatable bonds is 8. The standard InChI is InChI=1S/C16H19BrF2O5/c1-3-5-7-21-13-10(17)9-11-14(24-16(18,19)23-11)12(13)15(20)22-8-6-4-2/h9H,3-8H2,1-2H3. The first-order valence-electron chi connectivity index (χ1n) is 7.81. The summed E-state index contributed by atoms with van der Waals surface area (Å²) in [5.74, 6) is -1.27. The fourth-order valence-corrected chi connectivity index (χ4v) is 2.58. The Labute approximate surface area is 147 Å². The summed E-state index contributed by atoms with van der Waals surface area (Å²) in [6.07, 6.45) is -0.691. The molecule has 0 fully saturated rings. The molecular weight excluding hydrogens is 390 g/mol. The van der Waals surface area contributed by atoms with Crippen molar-refractivity contribution in [2.75, 3.05) is 13.2 Å². The lowest BCUT2D eigenvalue weighted by Gasteiger charge is -2.14. The number of halogens is 3. The van der Waals surface area contributed by atoms with Gasteiger partial charge in [-0.25, -0.2) is 4.79 Å². The van der Waals surface area contributed by atoms with Gasteiger partial charge in [0.25, 0.3) is 0 Å². The molecule has 0 bridgehead atoms. The van der Waals surface area contributed by atoms with Crippen molar-refractivity contribution < 1.29 is 32.5 Å². The Kier molecular flexibility index (Phi) is 6.26. The molecule has 0 amide bonds. The van der Waals surface area contributed by atoms with Gasteiger partial charge in [0.05, 0.1) is 17.7 Å². The molecule has 0 aromatic heterocycles. The Balaban J connectivity index is 2.37. The number of hydrogen-bond donors (Lipinski definition) is 0. The molecule has 2 rings (SSSR count). The van der Waals surface area contributed by atoms with E-state index in [4.69, 9.17) is 9.47 Å². The zero-order valence-electron chi connectivity index (χ0n) is 13.5. The minimum absolute atomic E-state index is 0.116. The molecule has 0 saturated carbocycles. The van der Waals surface area contributed by atoms with E-state index in [0.29, 0.717) is 17.5 Å². The van der Waals surface area contributed by atoms with Gasteiger partial charge in [-0.05, 0) is 28.8 Å². The van der Waals surface area contributed by atoms with Crippen LogP contribution in [0.25, 0.3) is 0 Å². The Morgan fingerprint density at radius 2 is 1.88 bits per heavy atom.